The molecule has 28 heavy (non-hydrogen) atoms. The topological polar surface area (TPSA) is 0 Å². The lowest BCUT2D eigenvalue weighted by Gasteiger charge is -2.07. The van der Waals surface area contributed by atoms with Crippen LogP contribution in [0.2, 0.25) is 0 Å². The molecule has 2 aromatic heterocycles. The molecule has 5 aromatic rings. The number of allylic oxidation sites excluding steroid dienone is 2. The van der Waals surface area contributed by atoms with Crippen molar-refractivity contribution in [3.63, 3.8) is 0 Å². The summed E-state index contributed by atoms with van der Waals surface area (Å²) in [6, 6.07) is 18.3. The summed E-state index contributed by atoms with van der Waals surface area (Å²) in [5.41, 5.74) is 1.39. The molecule has 3 aromatic carbocycles. The maximum Gasteiger partial charge on any atom is 0.0362 e. The Hall–Kier alpha value is -2.07. The summed E-state index contributed by atoms with van der Waals surface area (Å²) < 4.78 is 5.51. The van der Waals surface area contributed by atoms with Crippen LogP contribution >= 0.6 is 34.4 Å². The lowest BCUT2D eigenvalue weighted by molar-refractivity contribution is 1.20. The lowest BCUT2D eigenvalue weighted by Crippen LogP contribution is -1.86. The lowest BCUT2D eigenvalue weighted by atomic mass is 10.1. The summed E-state index contributed by atoms with van der Waals surface area (Å²) >= 11 is 5.73. The van der Waals surface area contributed by atoms with Gasteiger partial charge < -0.3 is 0 Å². The van der Waals surface area contributed by atoms with E-state index in [-0.39, 0.29) is 0 Å². The Kier molecular flexibility index (Phi) is 4.75. The molecule has 138 valence electrons. The first-order valence-electron chi connectivity index (χ1n) is 9.44. The Morgan fingerprint density at radius 1 is 0.857 bits per heavy atom. The third-order valence-corrected chi connectivity index (χ3v) is 8.39. The third-order valence-electron chi connectivity index (χ3n) is 5.09. The normalized spacial score (nSPS) is 12.2. The number of thioether (sulfide) groups is 1. The maximum absolute atomic E-state index is 3.96. The molecule has 0 nitrogen and oxygen atoms in total. The summed E-state index contributed by atoms with van der Waals surface area (Å²) in [7, 11) is 0. The predicted molar refractivity (Wildman–Crippen MR) is 132 cm³/mol. The van der Waals surface area contributed by atoms with E-state index in [0.29, 0.717) is 0 Å². The van der Waals surface area contributed by atoms with E-state index in [1.807, 2.05) is 40.5 Å². The Labute approximate surface area is 177 Å². The molecule has 5 rings (SSSR count). The van der Waals surface area contributed by atoms with E-state index in [4.69, 9.17) is 0 Å². The molecular weight excluding hydrogens is 396 g/mol. The zero-order valence-electron chi connectivity index (χ0n) is 15.7. The van der Waals surface area contributed by atoms with Crippen molar-refractivity contribution in [3.8, 4) is 0 Å². The minimum Gasteiger partial charge on any atom is -0.135 e. The maximum atomic E-state index is 3.96. The molecule has 0 atom stereocenters. The largest absolute Gasteiger partial charge is 0.135 e. The van der Waals surface area contributed by atoms with Crippen LogP contribution in [0, 0.1) is 0 Å². The number of rotatable bonds is 5. The van der Waals surface area contributed by atoms with Crippen LogP contribution in [-0.4, -0.2) is 5.75 Å². The second-order valence-corrected chi connectivity index (χ2v) is 10.1. The van der Waals surface area contributed by atoms with E-state index in [1.54, 1.807) is 0 Å². The van der Waals surface area contributed by atoms with E-state index >= 15 is 0 Å². The smallest absolute Gasteiger partial charge is 0.0362 e. The van der Waals surface area contributed by atoms with E-state index in [1.165, 1.54) is 50.8 Å². The van der Waals surface area contributed by atoms with Crippen LogP contribution in [0.3, 0.4) is 0 Å². The molecular formula is C25H20S3. The molecule has 0 aliphatic carbocycles. The van der Waals surface area contributed by atoms with Gasteiger partial charge in [0.15, 0.2) is 0 Å². The fourth-order valence-electron chi connectivity index (χ4n) is 3.75. The molecule has 0 fully saturated rings. The minimum atomic E-state index is 0.919. The minimum absolute atomic E-state index is 0.919. The highest BCUT2D eigenvalue weighted by molar-refractivity contribution is 7.99. The monoisotopic (exact) mass is 416 g/mol. The van der Waals surface area contributed by atoms with Crippen LogP contribution in [0.25, 0.3) is 40.3 Å². The number of benzene rings is 3. The summed E-state index contributed by atoms with van der Waals surface area (Å²) in [5, 5.41) is 5.53. The average molecular weight is 417 g/mol. The zero-order chi connectivity index (χ0) is 19.1. The van der Waals surface area contributed by atoms with Gasteiger partial charge in [-0.3, -0.25) is 0 Å². The molecule has 0 aliphatic heterocycles. The standard InChI is InChI=1S/C25H20S3/c1-3-5-11-26-22-13-19-20-15-24-18(17-9-6-7-10-21(17)27-24)14-25(20)28-23(19)12-16(22)8-4-2/h3-7,9-10,12-15H,2,8,11H2,1H3/b5-3-. The van der Waals surface area contributed by atoms with Crippen LogP contribution in [-0.2, 0) is 6.42 Å². The van der Waals surface area contributed by atoms with Crippen molar-refractivity contribution in [3.05, 3.63) is 78.9 Å². The van der Waals surface area contributed by atoms with Crippen LogP contribution in [0.4, 0.5) is 0 Å². The number of fused-ring (bicyclic) bond motifs is 6. The first-order valence-corrected chi connectivity index (χ1v) is 12.1. The van der Waals surface area contributed by atoms with E-state index in [0.717, 1.165) is 12.2 Å². The zero-order valence-corrected chi connectivity index (χ0v) is 18.1. The summed E-state index contributed by atoms with van der Waals surface area (Å²) in [6.45, 7) is 6.04. The second kappa shape index (κ2) is 7.40. The second-order valence-electron chi connectivity index (χ2n) is 6.87. The van der Waals surface area contributed by atoms with Crippen molar-refractivity contribution in [1.82, 2.24) is 0 Å². The van der Waals surface area contributed by atoms with Crippen molar-refractivity contribution >= 4 is 74.8 Å². The van der Waals surface area contributed by atoms with Gasteiger partial charge in [0, 0.05) is 51.0 Å². The van der Waals surface area contributed by atoms with Crippen LogP contribution < -0.4 is 0 Å². The molecule has 3 heteroatoms. The molecule has 0 saturated carbocycles. The first kappa shape index (κ1) is 18.0. The highest BCUT2D eigenvalue weighted by Gasteiger charge is 2.13. The number of hydrogen-bond acceptors (Lipinski definition) is 3. The van der Waals surface area contributed by atoms with Gasteiger partial charge in [-0.25, -0.2) is 0 Å². The van der Waals surface area contributed by atoms with E-state index < -0.39 is 0 Å². The fourth-order valence-corrected chi connectivity index (χ4v) is 7.04. The van der Waals surface area contributed by atoms with Crippen molar-refractivity contribution < 1.29 is 0 Å². The molecule has 0 amide bonds. The molecule has 0 aliphatic rings. The third kappa shape index (κ3) is 2.98. The molecule has 0 spiro atoms. The van der Waals surface area contributed by atoms with Crippen LogP contribution in [0.1, 0.15) is 12.5 Å². The summed E-state index contributed by atoms with van der Waals surface area (Å²) in [6.07, 6.45) is 7.27. The summed E-state index contributed by atoms with van der Waals surface area (Å²) in [4.78, 5) is 1.38. The Bertz CT molecular complexity index is 1360. The number of hydrogen-bond donors (Lipinski definition) is 0. The van der Waals surface area contributed by atoms with Crippen molar-refractivity contribution in [2.75, 3.05) is 5.75 Å². The van der Waals surface area contributed by atoms with Gasteiger partial charge in [0.05, 0.1) is 0 Å². The van der Waals surface area contributed by atoms with Gasteiger partial charge in [0.2, 0.25) is 0 Å². The predicted octanol–water partition coefficient (Wildman–Crippen LogP) is 8.82. The van der Waals surface area contributed by atoms with Gasteiger partial charge in [-0.2, -0.15) is 0 Å². The fraction of sp³-hybridized carbons (Fsp3) is 0.120. The van der Waals surface area contributed by atoms with Gasteiger partial charge in [0.1, 0.15) is 0 Å². The number of thiophene rings is 2. The van der Waals surface area contributed by atoms with Crippen LogP contribution in [0.5, 0.6) is 0 Å². The van der Waals surface area contributed by atoms with Crippen molar-refractivity contribution in [1.29, 1.82) is 0 Å². The Morgan fingerprint density at radius 3 is 2.32 bits per heavy atom. The molecule has 0 unspecified atom stereocenters. The molecule has 0 bridgehead atoms. The highest BCUT2D eigenvalue weighted by Crippen LogP contribution is 2.43. The average Bonchev–Trinajstić information content (AvgIpc) is 3.23. The van der Waals surface area contributed by atoms with Crippen molar-refractivity contribution in [2.24, 2.45) is 0 Å². The summed E-state index contributed by atoms with van der Waals surface area (Å²) in [5.74, 6) is 1.01. The van der Waals surface area contributed by atoms with Crippen LogP contribution in [0.15, 0.2) is 78.2 Å². The SMILES string of the molecule is C=CCc1cc2sc3cc4c(cc3c2cc1SC/C=C\C)sc1ccccc14. The molecule has 0 saturated heterocycles. The first-order chi connectivity index (χ1) is 13.8. The van der Waals surface area contributed by atoms with Gasteiger partial charge in [-0.05, 0) is 49.2 Å². The van der Waals surface area contributed by atoms with Crippen molar-refractivity contribution in [2.45, 2.75) is 18.2 Å². The Morgan fingerprint density at radius 2 is 1.54 bits per heavy atom. The molecule has 0 N–H and O–H groups in total. The van der Waals surface area contributed by atoms with Gasteiger partial charge in [0.25, 0.3) is 0 Å². The quantitative estimate of drug-likeness (QED) is 0.204. The van der Waals surface area contributed by atoms with Gasteiger partial charge in [-0.1, -0.05) is 36.4 Å². The van der Waals surface area contributed by atoms with Gasteiger partial charge in [-0.15, -0.1) is 41.0 Å². The molecule has 0 radical (unpaired) electrons. The highest BCUT2D eigenvalue weighted by atomic mass is 32.2. The molecule has 2 heterocycles. The van der Waals surface area contributed by atoms with E-state index in [9.17, 15) is 0 Å². The van der Waals surface area contributed by atoms with E-state index in [2.05, 4.69) is 74.2 Å². The Balaban J connectivity index is 1.75. The van der Waals surface area contributed by atoms with Gasteiger partial charge >= 0.3 is 0 Å².